The third-order valence-electron chi connectivity index (χ3n) is 5.01. The van der Waals surface area contributed by atoms with E-state index >= 15 is 0 Å². The molecule has 0 aromatic carbocycles. The zero-order valence-corrected chi connectivity index (χ0v) is 11.9. The summed E-state index contributed by atoms with van der Waals surface area (Å²) in [5.74, 6) is 0.616. The van der Waals surface area contributed by atoms with Crippen molar-refractivity contribution in [3.63, 3.8) is 0 Å². The highest BCUT2D eigenvalue weighted by Crippen LogP contribution is 2.78. The topological polar surface area (TPSA) is 26.3 Å². The van der Waals surface area contributed by atoms with Crippen LogP contribution in [0.5, 0.6) is 0 Å². The van der Waals surface area contributed by atoms with Crippen molar-refractivity contribution in [2.75, 3.05) is 6.61 Å². The first-order chi connectivity index (χ1) is 7.78. The summed E-state index contributed by atoms with van der Waals surface area (Å²) in [6.45, 7) is 11.7. The molecule has 2 saturated carbocycles. The lowest BCUT2D eigenvalue weighted by Crippen LogP contribution is -2.28. The summed E-state index contributed by atoms with van der Waals surface area (Å²) in [5.41, 5.74) is 0.330. The molecule has 2 unspecified atom stereocenters. The van der Waals surface area contributed by atoms with Crippen LogP contribution in [0.25, 0.3) is 0 Å². The van der Waals surface area contributed by atoms with E-state index < -0.39 is 0 Å². The molecule has 0 aromatic heterocycles. The summed E-state index contributed by atoms with van der Waals surface area (Å²) >= 11 is 0. The number of hydrogen-bond acceptors (Lipinski definition) is 2. The molecule has 0 N–H and O–H groups in total. The normalized spacial score (nSPS) is 36.4. The van der Waals surface area contributed by atoms with Gasteiger partial charge in [-0.3, -0.25) is 4.79 Å². The Kier molecular flexibility index (Phi) is 2.83. The second kappa shape index (κ2) is 3.73. The van der Waals surface area contributed by atoms with E-state index in [0.29, 0.717) is 17.9 Å². The number of hydrogen-bond donors (Lipinski definition) is 0. The first kappa shape index (κ1) is 12.9. The number of esters is 1. The highest BCUT2D eigenvalue weighted by molar-refractivity contribution is 5.83. The molecule has 0 saturated heterocycles. The van der Waals surface area contributed by atoms with Crippen molar-refractivity contribution in [3.8, 4) is 0 Å². The van der Waals surface area contributed by atoms with Gasteiger partial charge in [-0.05, 0) is 36.0 Å². The van der Waals surface area contributed by atoms with Crippen LogP contribution >= 0.6 is 0 Å². The van der Waals surface area contributed by atoms with Crippen molar-refractivity contribution in [2.24, 2.45) is 22.2 Å². The Morgan fingerprint density at radius 3 is 2.18 bits per heavy atom. The summed E-state index contributed by atoms with van der Waals surface area (Å²) in [6, 6.07) is 0. The van der Waals surface area contributed by atoms with Gasteiger partial charge < -0.3 is 4.74 Å². The van der Waals surface area contributed by atoms with Crippen LogP contribution in [0.2, 0.25) is 0 Å². The number of carbonyl (C=O) groups excluding carboxylic acids is 1. The van der Waals surface area contributed by atoms with Gasteiger partial charge in [0.25, 0.3) is 0 Å². The van der Waals surface area contributed by atoms with E-state index in [9.17, 15) is 4.79 Å². The summed E-state index contributed by atoms with van der Waals surface area (Å²) in [4.78, 5) is 12.4. The molecule has 2 aliphatic carbocycles. The summed E-state index contributed by atoms with van der Waals surface area (Å²) in [5, 5.41) is 0. The molecule has 2 rings (SSSR count). The minimum Gasteiger partial charge on any atom is -0.465 e. The van der Waals surface area contributed by atoms with Crippen LogP contribution in [-0.4, -0.2) is 12.6 Å². The van der Waals surface area contributed by atoms with Crippen LogP contribution in [0.4, 0.5) is 0 Å². The van der Waals surface area contributed by atoms with Crippen molar-refractivity contribution < 1.29 is 9.53 Å². The maximum atomic E-state index is 12.4. The van der Waals surface area contributed by atoms with Crippen molar-refractivity contribution in [1.82, 2.24) is 0 Å². The third kappa shape index (κ3) is 1.90. The van der Waals surface area contributed by atoms with Gasteiger partial charge in [0.2, 0.25) is 0 Å². The molecule has 0 amide bonds. The highest BCUT2D eigenvalue weighted by atomic mass is 16.5. The first-order valence-corrected chi connectivity index (χ1v) is 6.95. The molecule has 0 spiro atoms. The van der Waals surface area contributed by atoms with Gasteiger partial charge in [-0.2, -0.15) is 0 Å². The minimum absolute atomic E-state index is 0.0755. The molecule has 17 heavy (non-hydrogen) atoms. The Labute approximate surface area is 105 Å². The van der Waals surface area contributed by atoms with Gasteiger partial charge in [0.1, 0.15) is 0 Å². The van der Waals surface area contributed by atoms with E-state index in [1.807, 2.05) is 0 Å². The van der Waals surface area contributed by atoms with Crippen molar-refractivity contribution >= 4 is 5.97 Å². The van der Waals surface area contributed by atoms with Crippen molar-refractivity contribution in [2.45, 2.75) is 60.3 Å². The lowest BCUT2D eigenvalue weighted by atomic mass is 9.87. The first-order valence-electron chi connectivity index (χ1n) is 6.95. The van der Waals surface area contributed by atoms with Crippen LogP contribution in [0.3, 0.4) is 0 Å². The van der Waals surface area contributed by atoms with Gasteiger partial charge in [0, 0.05) is 0 Å². The summed E-state index contributed by atoms with van der Waals surface area (Å²) in [7, 11) is 0. The van der Waals surface area contributed by atoms with E-state index in [1.54, 1.807) is 0 Å². The fraction of sp³-hybridized carbons (Fsp3) is 0.933. The van der Waals surface area contributed by atoms with Gasteiger partial charge in [-0.1, -0.05) is 41.0 Å². The standard InChI is InChI=1S/C15H26O2/c1-6-7-8-17-12(16)15(10-14(15,4)5)11-9-13(11,2)3/h11H,6-10H2,1-5H3. The molecule has 2 fully saturated rings. The van der Waals surface area contributed by atoms with Gasteiger partial charge in [-0.25, -0.2) is 0 Å². The average Bonchev–Trinajstić information content (AvgIpc) is 3.01. The van der Waals surface area contributed by atoms with Crippen molar-refractivity contribution in [3.05, 3.63) is 0 Å². The number of carbonyl (C=O) groups is 1. The molecule has 0 bridgehead atoms. The molecule has 2 heteroatoms. The smallest absolute Gasteiger partial charge is 0.312 e. The molecular formula is C15H26O2. The Morgan fingerprint density at radius 1 is 1.29 bits per heavy atom. The van der Waals surface area contributed by atoms with Gasteiger partial charge >= 0.3 is 5.97 Å². The molecular weight excluding hydrogens is 212 g/mol. The van der Waals surface area contributed by atoms with Gasteiger partial charge in [0.15, 0.2) is 0 Å². The zero-order valence-electron chi connectivity index (χ0n) is 11.9. The van der Waals surface area contributed by atoms with Crippen LogP contribution in [0.15, 0.2) is 0 Å². The van der Waals surface area contributed by atoms with Crippen LogP contribution < -0.4 is 0 Å². The fourth-order valence-electron chi connectivity index (χ4n) is 3.48. The van der Waals surface area contributed by atoms with E-state index in [2.05, 4.69) is 34.6 Å². The number of rotatable bonds is 5. The van der Waals surface area contributed by atoms with Crippen molar-refractivity contribution in [1.29, 1.82) is 0 Å². The third-order valence-corrected chi connectivity index (χ3v) is 5.01. The van der Waals surface area contributed by atoms with Gasteiger partial charge in [0.05, 0.1) is 12.0 Å². The Balaban J connectivity index is 2.02. The molecule has 0 aliphatic heterocycles. The van der Waals surface area contributed by atoms with E-state index in [-0.39, 0.29) is 16.8 Å². The number of unbranched alkanes of at least 4 members (excludes halogenated alkanes) is 1. The molecule has 2 aliphatic rings. The molecule has 0 radical (unpaired) electrons. The van der Waals surface area contributed by atoms with Crippen LogP contribution in [-0.2, 0) is 9.53 Å². The van der Waals surface area contributed by atoms with Crippen LogP contribution in [0, 0.1) is 22.2 Å². The monoisotopic (exact) mass is 238 g/mol. The zero-order chi connectivity index (χ0) is 12.9. The van der Waals surface area contributed by atoms with Gasteiger partial charge in [-0.15, -0.1) is 0 Å². The maximum Gasteiger partial charge on any atom is 0.312 e. The maximum absolute atomic E-state index is 12.4. The quantitative estimate of drug-likeness (QED) is 0.538. The largest absolute Gasteiger partial charge is 0.465 e. The predicted molar refractivity (Wildman–Crippen MR) is 68.6 cm³/mol. The summed E-state index contributed by atoms with van der Waals surface area (Å²) in [6.07, 6.45) is 4.26. The average molecular weight is 238 g/mol. The SMILES string of the molecule is CCCCOC(=O)C1(C2CC2(C)C)CC1(C)C. The Morgan fingerprint density at radius 2 is 1.82 bits per heavy atom. The molecule has 2 nitrogen and oxygen atoms in total. The molecule has 2 atom stereocenters. The molecule has 98 valence electrons. The Hall–Kier alpha value is -0.530. The summed E-state index contributed by atoms with van der Waals surface area (Å²) < 4.78 is 5.50. The van der Waals surface area contributed by atoms with E-state index in [0.717, 1.165) is 19.3 Å². The van der Waals surface area contributed by atoms with E-state index in [1.165, 1.54) is 6.42 Å². The molecule has 0 aromatic rings. The second-order valence-corrected chi connectivity index (χ2v) is 7.27. The lowest BCUT2D eigenvalue weighted by Gasteiger charge is -2.21. The predicted octanol–water partition coefficient (Wildman–Crippen LogP) is 3.79. The fourth-order valence-corrected chi connectivity index (χ4v) is 3.48. The number of ether oxygens (including phenoxy) is 1. The molecule has 0 heterocycles. The van der Waals surface area contributed by atoms with E-state index in [4.69, 9.17) is 4.74 Å². The second-order valence-electron chi connectivity index (χ2n) is 7.27. The van der Waals surface area contributed by atoms with Crippen LogP contribution in [0.1, 0.15) is 60.3 Å². The lowest BCUT2D eigenvalue weighted by molar-refractivity contribution is -0.153. The Bertz CT molecular complexity index is 330. The minimum atomic E-state index is -0.162. The highest BCUT2D eigenvalue weighted by Gasteiger charge is 2.77.